The number of ether oxygens (including phenoxy) is 2. The van der Waals surface area contributed by atoms with Crippen LogP contribution in [0.3, 0.4) is 0 Å². The van der Waals surface area contributed by atoms with Crippen molar-refractivity contribution in [1.29, 1.82) is 0 Å². The summed E-state index contributed by atoms with van der Waals surface area (Å²) >= 11 is 1.65. The minimum atomic E-state index is -3.73. The van der Waals surface area contributed by atoms with E-state index in [2.05, 4.69) is 25.0 Å². The number of halogens is 4. The van der Waals surface area contributed by atoms with Crippen LogP contribution in [0.5, 0.6) is 0 Å². The maximum atomic E-state index is 13.3. The molecule has 2 aliphatic rings. The highest BCUT2D eigenvalue weighted by Gasteiger charge is 2.50. The first-order valence-corrected chi connectivity index (χ1v) is 15.6. The van der Waals surface area contributed by atoms with Gasteiger partial charge in [0, 0.05) is 36.2 Å². The molecule has 0 heterocycles. The molecule has 0 radical (unpaired) electrons. The van der Waals surface area contributed by atoms with Gasteiger partial charge in [0.2, 0.25) is 11.8 Å². The number of esters is 2. The molecule has 0 aromatic rings. The van der Waals surface area contributed by atoms with Gasteiger partial charge in [-0.3, -0.25) is 13.8 Å². The van der Waals surface area contributed by atoms with E-state index in [9.17, 15) is 35.6 Å². The van der Waals surface area contributed by atoms with Crippen LogP contribution in [-0.4, -0.2) is 68.8 Å². The van der Waals surface area contributed by atoms with Crippen LogP contribution in [0.1, 0.15) is 101 Å². The van der Waals surface area contributed by atoms with Crippen molar-refractivity contribution < 1.29 is 49.2 Å². The highest BCUT2D eigenvalue weighted by Crippen LogP contribution is 2.48. The van der Waals surface area contributed by atoms with E-state index in [4.69, 9.17) is 9.47 Å². The van der Waals surface area contributed by atoms with E-state index in [1.807, 2.05) is 0 Å². The second kappa shape index (κ2) is 16.0. The second-order valence-corrected chi connectivity index (χ2v) is 14.5. The van der Waals surface area contributed by atoms with Gasteiger partial charge < -0.3 is 9.47 Å². The zero-order valence-electron chi connectivity index (χ0n) is 23.2. The van der Waals surface area contributed by atoms with Gasteiger partial charge in [0.25, 0.3) is 10.1 Å². The molecule has 0 aromatic heterocycles. The predicted octanol–water partition coefficient (Wildman–Crippen LogP) is 7.27. The monoisotopic (exact) mass is 626 g/mol. The minimum absolute atomic E-state index is 0. The van der Waals surface area contributed by atoms with Crippen molar-refractivity contribution in [3.8, 4) is 0 Å². The predicted molar refractivity (Wildman–Crippen MR) is 151 cm³/mol. The van der Waals surface area contributed by atoms with Gasteiger partial charge in [-0.15, -0.1) is 0 Å². The molecule has 40 heavy (non-hydrogen) atoms. The molecule has 0 bridgehead atoms. The highest BCUT2D eigenvalue weighted by atomic mass is 32.2. The van der Waals surface area contributed by atoms with Crippen molar-refractivity contribution in [3.63, 3.8) is 0 Å². The summed E-state index contributed by atoms with van der Waals surface area (Å²) in [6, 6.07) is 0. The Morgan fingerprint density at radius 1 is 0.750 bits per heavy atom. The summed E-state index contributed by atoms with van der Waals surface area (Å²) in [5.41, 5.74) is -2.02. The van der Waals surface area contributed by atoms with Crippen LogP contribution in [0.15, 0.2) is 0 Å². The molecular formula is C27H50F4O7S2. The summed E-state index contributed by atoms with van der Waals surface area (Å²) in [5, 5.41) is 0. The Kier molecular flexibility index (Phi) is 16.4. The Hall–Kier alpha value is -1.08. The summed E-state index contributed by atoms with van der Waals surface area (Å²) in [4.78, 5) is 24.1. The van der Waals surface area contributed by atoms with Crippen LogP contribution in [0.25, 0.3) is 0 Å². The molecule has 240 valence electrons. The first-order valence-electron chi connectivity index (χ1n) is 12.8. The van der Waals surface area contributed by atoms with E-state index >= 15 is 0 Å². The van der Waals surface area contributed by atoms with Gasteiger partial charge in [-0.1, -0.05) is 35.6 Å². The quantitative estimate of drug-likeness (QED) is 0.150. The van der Waals surface area contributed by atoms with Gasteiger partial charge in [0.1, 0.15) is 0 Å². The third kappa shape index (κ3) is 13.7. The molecule has 2 aliphatic carbocycles. The Labute approximate surface area is 243 Å². The van der Waals surface area contributed by atoms with Crippen molar-refractivity contribution in [3.05, 3.63) is 0 Å². The summed E-state index contributed by atoms with van der Waals surface area (Å²) < 4.78 is 89.6. The lowest BCUT2D eigenvalue weighted by Gasteiger charge is -2.39. The van der Waals surface area contributed by atoms with Crippen LogP contribution in [-0.2, 0) is 33.4 Å². The van der Waals surface area contributed by atoms with Gasteiger partial charge >= 0.3 is 11.9 Å². The maximum Gasteiger partial charge on any atom is 0.314 e. The lowest BCUT2D eigenvalue weighted by atomic mass is 9.73. The van der Waals surface area contributed by atoms with Crippen LogP contribution in [0.2, 0.25) is 0 Å². The first kappa shape index (κ1) is 41.1. The molecule has 13 heteroatoms. The molecule has 0 unspecified atom stereocenters. The Morgan fingerprint density at radius 2 is 1.10 bits per heavy atom. The molecule has 0 aliphatic heterocycles. The van der Waals surface area contributed by atoms with Crippen LogP contribution < -0.4 is 0 Å². The normalized spacial score (nSPS) is 20.9. The Morgan fingerprint density at radius 3 is 1.43 bits per heavy atom. The van der Waals surface area contributed by atoms with E-state index in [1.165, 1.54) is 0 Å². The van der Waals surface area contributed by atoms with Crippen molar-refractivity contribution in [2.45, 2.75) is 117 Å². The number of thioether (sulfide) groups is 1. The van der Waals surface area contributed by atoms with Gasteiger partial charge in [0.05, 0.1) is 36.9 Å². The smallest absolute Gasteiger partial charge is 0.314 e. The summed E-state index contributed by atoms with van der Waals surface area (Å²) in [6.45, 7) is 9.50. The number of carbonyl (C=O) groups excluding carboxylic acids is 2. The van der Waals surface area contributed by atoms with Gasteiger partial charge in [-0.25, -0.2) is 17.6 Å². The average molecular weight is 627 g/mol. The molecule has 0 saturated heterocycles. The van der Waals surface area contributed by atoms with Crippen LogP contribution >= 0.6 is 11.8 Å². The van der Waals surface area contributed by atoms with Gasteiger partial charge in [0.15, 0.2) is 0 Å². The Balaban J connectivity index is 0. The van der Waals surface area contributed by atoms with Crippen molar-refractivity contribution in [2.75, 3.05) is 31.8 Å². The second-order valence-electron chi connectivity index (χ2n) is 11.1. The van der Waals surface area contributed by atoms with E-state index < -0.39 is 58.2 Å². The lowest BCUT2D eigenvalue weighted by Crippen LogP contribution is -2.44. The van der Waals surface area contributed by atoms with E-state index in [1.54, 1.807) is 25.6 Å². The molecule has 0 spiro atoms. The number of carbonyl (C=O) groups is 2. The van der Waals surface area contributed by atoms with E-state index in [0.717, 1.165) is 6.26 Å². The van der Waals surface area contributed by atoms with Gasteiger partial charge in [-0.05, 0) is 39.5 Å². The minimum Gasteiger partial charge on any atom is -0.466 e. The lowest BCUT2D eigenvalue weighted by molar-refractivity contribution is -0.166. The SMILES string of the molecule is C.C.CCOC(=O)C1(COS(C)(=O)=O)CCC(F)(F)CC1.CCOC(=O)C1(CSC(C)(C)C)CCC(F)(F)CC1. The van der Waals surface area contributed by atoms with Gasteiger partial charge in [-0.2, -0.15) is 20.2 Å². The third-order valence-corrected chi connectivity index (χ3v) is 8.73. The number of rotatable bonds is 9. The fourth-order valence-electron chi connectivity index (χ4n) is 4.15. The standard InChI is InChI=1S/C14H24F2O2S.C11H18F2O5S.2CH4/c1-5-18-11(17)13(10-19-12(2,3)4)6-8-14(15,16)9-7-13;1-3-17-9(14)10(8-18-19(2,15)16)4-6-11(12,13)7-5-10;;/h5-10H2,1-4H3;3-8H2,1-2H3;2*1H4. The van der Waals surface area contributed by atoms with E-state index in [0.29, 0.717) is 12.4 Å². The highest BCUT2D eigenvalue weighted by molar-refractivity contribution is 8.00. The molecule has 7 nitrogen and oxygen atoms in total. The summed E-state index contributed by atoms with van der Waals surface area (Å²) in [6.07, 6.45) is -0.360. The molecule has 0 amide bonds. The first-order chi connectivity index (χ1) is 17.2. The van der Waals surface area contributed by atoms with Crippen LogP contribution in [0.4, 0.5) is 17.6 Å². The van der Waals surface area contributed by atoms with Crippen LogP contribution in [0, 0.1) is 10.8 Å². The van der Waals surface area contributed by atoms with Crippen molar-refractivity contribution >= 4 is 33.8 Å². The number of hydrogen-bond donors (Lipinski definition) is 0. The van der Waals surface area contributed by atoms with Crippen molar-refractivity contribution in [2.24, 2.45) is 10.8 Å². The number of hydrogen-bond acceptors (Lipinski definition) is 8. The summed E-state index contributed by atoms with van der Waals surface area (Å²) in [7, 11) is -3.73. The fourth-order valence-corrected chi connectivity index (χ4v) is 5.70. The molecule has 0 atom stereocenters. The van der Waals surface area contributed by atoms with Crippen molar-refractivity contribution in [1.82, 2.24) is 0 Å². The molecular weight excluding hydrogens is 576 g/mol. The summed E-state index contributed by atoms with van der Waals surface area (Å²) in [5.74, 6) is -5.86. The molecule has 2 saturated carbocycles. The topological polar surface area (TPSA) is 96.0 Å². The zero-order valence-corrected chi connectivity index (χ0v) is 24.8. The molecule has 0 N–H and O–H groups in total. The average Bonchev–Trinajstić information content (AvgIpc) is 2.78. The fraction of sp³-hybridized carbons (Fsp3) is 0.926. The van der Waals surface area contributed by atoms with E-state index in [-0.39, 0.29) is 70.7 Å². The Bertz CT molecular complexity index is 883. The third-order valence-electron chi connectivity index (χ3n) is 6.62. The number of alkyl halides is 4. The molecule has 2 rings (SSSR count). The molecule has 0 aromatic carbocycles. The zero-order chi connectivity index (χ0) is 29.5. The largest absolute Gasteiger partial charge is 0.466 e. The maximum absolute atomic E-state index is 13.3. The molecule has 2 fully saturated rings.